The third-order valence-corrected chi connectivity index (χ3v) is 3.01. The lowest BCUT2D eigenvalue weighted by molar-refractivity contribution is -0.139. The van der Waals surface area contributed by atoms with Crippen LogP contribution in [-0.2, 0) is 9.53 Å². The number of allylic oxidation sites excluding steroid dienone is 4. The van der Waals surface area contributed by atoms with Gasteiger partial charge in [-0.25, -0.2) is 0 Å². The Balaban J connectivity index is 3.91. The minimum absolute atomic E-state index is 0.126. The highest BCUT2D eigenvalue weighted by atomic mass is 16.5. The van der Waals surface area contributed by atoms with Crippen LogP contribution >= 0.6 is 0 Å². The number of aliphatic hydroxyl groups is 1. The van der Waals surface area contributed by atoms with Crippen molar-refractivity contribution in [2.75, 3.05) is 13.2 Å². The van der Waals surface area contributed by atoms with Gasteiger partial charge >= 0.3 is 5.97 Å². The van der Waals surface area contributed by atoms with Crippen LogP contribution in [0.25, 0.3) is 0 Å². The van der Waals surface area contributed by atoms with Gasteiger partial charge in [0.25, 0.3) is 0 Å². The van der Waals surface area contributed by atoms with Crippen molar-refractivity contribution < 1.29 is 14.6 Å². The van der Waals surface area contributed by atoms with Crippen molar-refractivity contribution >= 4 is 5.97 Å². The first-order valence-electron chi connectivity index (χ1n) is 7.16. The predicted octanol–water partition coefficient (Wildman–Crippen LogP) is 3.94. The molecule has 0 saturated heterocycles. The average molecular weight is 280 g/mol. The SMILES string of the molecule is CC(=O)OC/C(C)=C/CC/C(C)=C/CC/C(C)=C/CO. The number of rotatable bonds is 9. The molecular weight excluding hydrogens is 252 g/mol. The van der Waals surface area contributed by atoms with E-state index in [4.69, 9.17) is 9.84 Å². The van der Waals surface area contributed by atoms with Crippen molar-refractivity contribution in [3.05, 3.63) is 34.9 Å². The first-order chi connectivity index (χ1) is 9.45. The quantitative estimate of drug-likeness (QED) is 0.514. The van der Waals surface area contributed by atoms with Crippen LogP contribution in [-0.4, -0.2) is 24.3 Å². The summed E-state index contributed by atoms with van der Waals surface area (Å²) in [5, 5.41) is 8.76. The van der Waals surface area contributed by atoms with Gasteiger partial charge in [0.2, 0.25) is 0 Å². The zero-order valence-electron chi connectivity index (χ0n) is 13.2. The summed E-state index contributed by atoms with van der Waals surface area (Å²) in [6, 6.07) is 0. The maximum atomic E-state index is 10.7. The summed E-state index contributed by atoms with van der Waals surface area (Å²) in [5.74, 6) is -0.236. The molecule has 114 valence electrons. The molecule has 0 aliphatic heterocycles. The van der Waals surface area contributed by atoms with Crippen LogP contribution < -0.4 is 0 Å². The topological polar surface area (TPSA) is 46.5 Å². The summed E-state index contributed by atoms with van der Waals surface area (Å²) >= 11 is 0. The molecule has 0 heterocycles. The molecule has 0 aromatic heterocycles. The lowest BCUT2D eigenvalue weighted by atomic mass is 10.1. The standard InChI is InChI=1S/C17H28O3/c1-14(7-5-9-15(2)11-12-18)8-6-10-16(3)13-20-17(4)19/h7,10-11,18H,5-6,8-9,12-13H2,1-4H3/b14-7+,15-11+,16-10+. The van der Waals surface area contributed by atoms with Gasteiger partial charge in [-0.1, -0.05) is 29.4 Å². The van der Waals surface area contributed by atoms with Gasteiger partial charge in [-0.2, -0.15) is 0 Å². The van der Waals surface area contributed by atoms with Crippen LogP contribution in [0.5, 0.6) is 0 Å². The van der Waals surface area contributed by atoms with E-state index in [0.717, 1.165) is 31.3 Å². The molecule has 1 N–H and O–H groups in total. The van der Waals surface area contributed by atoms with E-state index in [0.29, 0.717) is 6.61 Å². The van der Waals surface area contributed by atoms with Gasteiger partial charge in [0.05, 0.1) is 6.61 Å². The van der Waals surface area contributed by atoms with Crippen LogP contribution in [0.4, 0.5) is 0 Å². The minimum Gasteiger partial charge on any atom is -0.461 e. The first-order valence-corrected chi connectivity index (χ1v) is 7.16. The van der Waals surface area contributed by atoms with E-state index >= 15 is 0 Å². The Morgan fingerprint density at radius 2 is 1.40 bits per heavy atom. The number of hydrogen-bond donors (Lipinski definition) is 1. The van der Waals surface area contributed by atoms with Gasteiger partial charge in [0.15, 0.2) is 0 Å². The highest BCUT2D eigenvalue weighted by molar-refractivity contribution is 5.66. The van der Waals surface area contributed by atoms with Crippen LogP contribution in [0.1, 0.15) is 53.4 Å². The number of ether oxygens (including phenoxy) is 1. The Labute approximate surface area is 123 Å². The third-order valence-electron chi connectivity index (χ3n) is 3.01. The second-order valence-electron chi connectivity index (χ2n) is 5.19. The van der Waals surface area contributed by atoms with Crippen molar-refractivity contribution in [3.63, 3.8) is 0 Å². The second kappa shape index (κ2) is 11.5. The van der Waals surface area contributed by atoms with Gasteiger partial charge < -0.3 is 9.84 Å². The van der Waals surface area contributed by atoms with E-state index < -0.39 is 0 Å². The largest absolute Gasteiger partial charge is 0.461 e. The highest BCUT2D eigenvalue weighted by Gasteiger charge is 1.95. The molecule has 0 spiro atoms. The number of hydrogen-bond acceptors (Lipinski definition) is 3. The molecule has 20 heavy (non-hydrogen) atoms. The minimum atomic E-state index is -0.236. The summed E-state index contributed by atoms with van der Waals surface area (Å²) in [7, 11) is 0. The van der Waals surface area contributed by atoms with Crippen molar-refractivity contribution in [1.82, 2.24) is 0 Å². The van der Waals surface area contributed by atoms with E-state index in [1.807, 2.05) is 19.9 Å². The smallest absolute Gasteiger partial charge is 0.302 e. The number of carbonyl (C=O) groups excluding carboxylic acids is 1. The first kappa shape index (κ1) is 18.7. The zero-order valence-corrected chi connectivity index (χ0v) is 13.2. The third kappa shape index (κ3) is 11.7. The summed E-state index contributed by atoms with van der Waals surface area (Å²) in [6.07, 6.45) is 10.2. The number of esters is 1. The molecular formula is C17H28O3. The lowest BCUT2D eigenvalue weighted by Crippen LogP contribution is -2.01. The highest BCUT2D eigenvalue weighted by Crippen LogP contribution is 2.11. The van der Waals surface area contributed by atoms with E-state index in [1.165, 1.54) is 18.1 Å². The van der Waals surface area contributed by atoms with E-state index in [9.17, 15) is 4.79 Å². The summed E-state index contributed by atoms with van der Waals surface area (Å²) in [6.45, 7) is 8.10. The molecule has 3 nitrogen and oxygen atoms in total. The molecule has 0 aliphatic rings. The molecule has 0 aromatic rings. The van der Waals surface area contributed by atoms with Crippen LogP contribution in [0.15, 0.2) is 34.9 Å². The van der Waals surface area contributed by atoms with Crippen molar-refractivity contribution in [3.8, 4) is 0 Å². The van der Waals surface area contributed by atoms with Crippen molar-refractivity contribution in [1.29, 1.82) is 0 Å². The second-order valence-corrected chi connectivity index (χ2v) is 5.19. The fourth-order valence-corrected chi connectivity index (χ4v) is 1.73. The van der Waals surface area contributed by atoms with Gasteiger partial charge in [-0.15, -0.1) is 0 Å². The predicted molar refractivity (Wildman–Crippen MR) is 83.5 cm³/mol. The monoisotopic (exact) mass is 280 g/mol. The molecule has 0 rings (SSSR count). The van der Waals surface area contributed by atoms with E-state index in [1.54, 1.807) is 0 Å². The number of carbonyl (C=O) groups is 1. The molecule has 3 heteroatoms. The molecule has 0 saturated carbocycles. The molecule has 0 atom stereocenters. The Morgan fingerprint density at radius 3 is 1.90 bits per heavy atom. The maximum Gasteiger partial charge on any atom is 0.302 e. The van der Waals surface area contributed by atoms with Crippen molar-refractivity contribution in [2.24, 2.45) is 0 Å². The Kier molecular flexibility index (Phi) is 10.7. The van der Waals surface area contributed by atoms with Crippen molar-refractivity contribution in [2.45, 2.75) is 53.4 Å². The zero-order chi connectivity index (χ0) is 15.4. The molecule has 0 aliphatic carbocycles. The Hall–Kier alpha value is -1.35. The molecule has 0 bridgehead atoms. The normalized spacial score (nSPS) is 13.6. The fourth-order valence-electron chi connectivity index (χ4n) is 1.73. The van der Waals surface area contributed by atoms with Crippen LogP contribution in [0, 0.1) is 0 Å². The summed E-state index contributed by atoms with van der Waals surface area (Å²) in [4.78, 5) is 10.7. The molecule has 0 fully saturated rings. The average Bonchev–Trinajstić information content (AvgIpc) is 2.36. The van der Waals surface area contributed by atoms with Crippen LogP contribution in [0.2, 0.25) is 0 Å². The van der Waals surface area contributed by atoms with Crippen LogP contribution in [0.3, 0.4) is 0 Å². The molecule has 0 amide bonds. The van der Waals surface area contributed by atoms with Gasteiger partial charge in [0, 0.05) is 6.92 Å². The molecule has 0 aromatic carbocycles. The molecule has 0 radical (unpaired) electrons. The Morgan fingerprint density at radius 1 is 0.900 bits per heavy atom. The van der Waals surface area contributed by atoms with Gasteiger partial charge in [0.1, 0.15) is 6.61 Å². The summed E-state index contributed by atoms with van der Waals surface area (Å²) in [5.41, 5.74) is 3.70. The maximum absolute atomic E-state index is 10.7. The fraction of sp³-hybridized carbons (Fsp3) is 0.588. The molecule has 0 unspecified atom stereocenters. The van der Waals surface area contributed by atoms with Gasteiger partial charge in [-0.3, -0.25) is 4.79 Å². The van der Waals surface area contributed by atoms with E-state index in [-0.39, 0.29) is 12.6 Å². The van der Waals surface area contributed by atoms with Gasteiger partial charge in [-0.05, 0) is 52.0 Å². The van der Waals surface area contributed by atoms with E-state index in [2.05, 4.69) is 19.1 Å². The lowest BCUT2D eigenvalue weighted by Gasteiger charge is -2.03. The Bertz CT molecular complexity index is 376. The number of aliphatic hydroxyl groups excluding tert-OH is 1. The summed E-state index contributed by atoms with van der Waals surface area (Å²) < 4.78 is 4.93.